The highest BCUT2D eigenvalue weighted by Crippen LogP contribution is 2.51. The predicted molar refractivity (Wildman–Crippen MR) is 150 cm³/mol. The van der Waals surface area contributed by atoms with Crippen LogP contribution in [-0.4, -0.2) is 25.2 Å². The number of fused-ring (bicyclic) bond motifs is 1. The molecule has 2 aromatic carbocycles. The van der Waals surface area contributed by atoms with Gasteiger partial charge in [-0.2, -0.15) is 0 Å². The predicted octanol–water partition coefficient (Wildman–Crippen LogP) is 7.54. The lowest BCUT2D eigenvalue weighted by Crippen LogP contribution is -2.23. The number of ether oxygens (including phenoxy) is 3. The fourth-order valence-corrected chi connectivity index (χ4v) is 6.59. The van der Waals surface area contributed by atoms with Gasteiger partial charge in [-0.05, 0) is 77.0 Å². The molecular weight excluding hydrogens is 493 g/mol. The van der Waals surface area contributed by atoms with Gasteiger partial charge in [-0.25, -0.2) is 9.37 Å². The summed E-state index contributed by atoms with van der Waals surface area (Å²) in [6.45, 7) is 7.13. The Morgan fingerprint density at radius 1 is 1.05 bits per heavy atom. The van der Waals surface area contributed by atoms with Crippen molar-refractivity contribution in [2.75, 3.05) is 14.2 Å². The van der Waals surface area contributed by atoms with Crippen molar-refractivity contribution in [2.45, 2.75) is 77.2 Å². The maximum atomic E-state index is 15.0. The van der Waals surface area contributed by atoms with E-state index in [1.54, 1.807) is 13.2 Å². The summed E-state index contributed by atoms with van der Waals surface area (Å²) >= 11 is 0. The van der Waals surface area contributed by atoms with E-state index in [0.717, 1.165) is 60.1 Å². The van der Waals surface area contributed by atoms with E-state index in [1.807, 2.05) is 18.2 Å². The van der Waals surface area contributed by atoms with Gasteiger partial charge >= 0.3 is 5.97 Å². The zero-order chi connectivity index (χ0) is 27.8. The van der Waals surface area contributed by atoms with Gasteiger partial charge in [-0.1, -0.05) is 51.5 Å². The van der Waals surface area contributed by atoms with Crippen LogP contribution in [0.15, 0.2) is 48.7 Å². The summed E-state index contributed by atoms with van der Waals surface area (Å²) in [7, 11) is 2.98. The van der Waals surface area contributed by atoms with Gasteiger partial charge in [0, 0.05) is 17.0 Å². The number of hydrogen-bond donors (Lipinski definition) is 0. The Labute approximate surface area is 230 Å². The summed E-state index contributed by atoms with van der Waals surface area (Å²) in [5.41, 5.74) is 5.87. The first-order chi connectivity index (χ1) is 18.6. The lowest BCUT2D eigenvalue weighted by molar-refractivity contribution is -0.142. The number of carbonyl (C=O) groups excluding carboxylic acids is 1. The van der Waals surface area contributed by atoms with E-state index in [-0.39, 0.29) is 22.6 Å². The molecule has 0 amide bonds. The van der Waals surface area contributed by atoms with Crippen molar-refractivity contribution < 1.29 is 23.4 Å². The topological polar surface area (TPSA) is 57.7 Å². The molecule has 1 aromatic heterocycles. The second kappa shape index (κ2) is 10.6. The summed E-state index contributed by atoms with van der Waals surface area (Å²) in [6, 6.07) is 14.1. The lowest BCUT2D eigenvalue weighted by atomic mass is 9.75. The van der Waals surface area contributed by atoms with Crippen LogP contribution < -0.4 is 9.47 Å². The SMILES string of the molecule is COC(=O)C[C@]1(C)CCc2ccc(OCc3ccc(-c4cc(OC)ncc4F)c([C@H]4CCCC4(C)C)c3)cc21. The zero-order valence-corrected chi connectivity index (χ0v) is 23.6. The molecule has 39 heavy (non-hydrogen) atoms. The van der Waals surface area contributed by atoms with Crippen LogP contribution in [0.1, 0.15) is 81.0 Å². The molecule has 5 rings (SSSR count). The van der Waals surface area contributed by atoms with Crippen molar-refractivity contribution >= 4 is 5.97 Å². The normalized spacial score (nSPS) is 21.4. The van der Waals surface area contributed by atoms with Crippen molar-refractivity contribution in [3.63, 3.8) is 0 Å². The number of pyridine rings is 1. The van der Waals surface area contributed by atoms with E-state index in [2.05, 4.69) is 44.0 Å². The van der Waals surface area contributed by atoms with E-state index in [0.29, 0.717) is 30.4 Å². The van der Waals surface area contributed by atoms with Gasteiger partial charge in [-0.15, -0.1) is 0 Å². The van der Waals surface area contributed by atoms with Gasteiger partial charge < -0.3 is 14.2 Å². The average Bonchev–Trinajstić information content (AvgIpc) is 3.45. The fourth-order valence-electron chi connectivity index (χ4n) is 6.59. The standard InChI is InChI=1S/C33H38FNO4/c1-32(2)13-6-7-27(32)25-15-21(8-11-24(25)26-17-30(37-4)35-19-29(26)34)20-39-23-10-9-22-12-14-33(3,28(22)16-23)18-31(36)38-5/h8-11,15-17,19,27H,6-7,12-14,18,20H2,1-5H3/t27-,33+/m1/s1. The Kier molecular flexibility index (Phi) is 7.41. The van der Waals surface area contributed by atoms with Gasteiger partial charge in [0.2, 0.25) is 5.88 Å². The first-order valence-corrected chi connectivity index (χ1v) is 13.8. The van der Waals surface area contributed by atoms with Gasteiger partial charge in [-0.3, -0.25) is 4.79 Å². The van der Waals surface area contributed by atoms with Crippen LogP contribution in [0.3, 0.4) is 0 Å². The van der Waals surface area contributed by atoms with Crippen molar-refractivity contribution in [2.24, 2.45) is 5.41 Å². The number of aromatic nitrogens is 1. The second-order valence-electron chi connectivity index (χ2n) is 12.0. The highest BCUT2D eigenvalue weighted by molar-refractivity contribution is 5.72. The number of esters is 1. The number of halogens is 1. The first-order valence-electron chi connectivity index (χ1n) is 13.8. The van der Waals surface area contributed by atoms with Gasteiger partial charge in [0.15, 0.2) is 0 Å². The maximum absolute atomic E-state index is 15.0. The summed E-state index contributed by atoms with van der Waals surface area (Å²) in [5.74, 6) is 0.937. The molecule has 1 saturated carbocycles. The molecule has 3 aromatic rings. The number of rotatable bonds is 8. The van der Waals surface area contributed by atoms with Gasteiger partial charge in [0.1, 0.15) is 18.2 Å². The Bertz CT molecular complexity index is 1380. The molecule has 0 bridgehead atoms. The minimum atomic E-state index is -0.356. The molecular formula is C33H38FNO4. The Morgan fingerprint density at radius 2 is 1.87 bits per heavy atom. The highest BCUT2D eigenvalue weighted by atomic mass is 19.1. The second-order valence-corrected chi connectivity index (χ2v) is 12.0. The van der Waals surface area contributed by atoms with E-state index in [4.69, 9.17) is 14.2 Å². The smallest absolute Gasteiger partial charge is 0.306 e. The van der Waals surface area contributed by atoms with Crippen molar-refractivity contribution in [1.29, 1.82) is 0 Å². The number of carbonyl (C=O) groups is 1. The van der Waals surface area contributed by atoms with E-state index < -0.39 is 0 Å². The molecule has 2 aliphatic rings. The number of hydrogen-bond acceptors (Lipinski definition) is 5. The number of nitrogens with zero attached hydrogens (tertiary/aromatic N) is 1. The molecule has 2 aliphatic carbocycles. The van der Waals surface area contributed by atoms with Crippen LogP contribution in [0.2, 0.25) is 0 Å². The fraction of sp³-hybridized carbons (Fsp3) is 0.455. The zero-order valence-electron chi connectivity index (χ0n) is 23.6. The quantitative estimate of drug-likeness (QED) is 0.281. The van der Waals surface area contributed by atoms with Crippen LogP contribution in [0, 0.1) is 11.2 Å². The molecule has 0 aliphatic heterocycles. The third-order valence-corrected chi connectivity index (χ3v) is 8.92. The molecule has 2 atom stereocenters. The van der Waals surface area contributed by atoms with Crippen LogP contribution in [0.25, 0.3) is 11.1 Å². The monoisotopic (exact) mass is 531 g/mol. The van der Waals surface area contributed by atoms with E-state index >= 15 is 4.39 Å². The summed E-state index contributed by atoms with van der Waals surface area (Å²) in [4.78, 5) is 16.1. The third kappa shape index (κ3) is 5.39. The first kappa shape index (κ1) is 27.2. The summed E-state index contributed by atoms with van der Waals surface area (Å²) in [5, 5.41) is 0. The summed E-state index contributed by atoms with van der Waals surface area (Å²) < 4.78 is 31.6. The Hall–Kier alpha value is -3.41. The molecule has 0 saturated heterocycles. The molecule has 206 valence electrons. The molecule has 0 radical (unpaired) electrons. The number of aryl methyl sites for hydroxylation is 1. The van der Waals surface area contributed by atoms with Crippen molar-refractivity contribution in [3.05, 3.63) is 76.7 Å². The van der Waals surface area contributed by atoms with E-state index in [9.17, 15) is 4.79 Å². The maximum Gasteiger partial charge on any atom is 0.306 e. The Morgan fingerprint density at radius 3 is 2.59 bits per heavy atom. The van der Waals surface area contributed by atoms with Gasteiger partial charge in [0.25, 0.3) is 0 Å². The minimum absolute atomic E-state index is 0.117. The summed E-state index contributed by atoms with van der Waals surface area (Å²) in [6.07, 6.45) is 6.81. The molecule has 0 unspecified atom stereocenters. The minimum Gasteiger partial charge on any atom is -0.489 e. The number of benzene rings is 2. The molecule has 5 nitrogen and oxygen atoms in total. The molecule has 0 spiro atoms. The average molecular weight is 532 g/mol. The molecule has 1 heterocycles. The third-order valence-electron chi connectivity index (χ3n) is 8.92. The van der Waals surface area contributed by atoms with Gasteiger partial charge in [0.05, 0.1) is 26.8 Å². The van der Waals surface area contributed by atoms with Crippen molar-refractivity contribution in [1.82, 2.24) is 4.98 Å². The number of methoxy groups -OCH3 is 2. The highest BCUT2D eigenvalue weighted by Gasteiger charge is 2.38. The lowest BCUT2D eigenvalue weighted by Gasteiger charge is -2.30. The van der Waals surface area contributed by atoms with E-state index in [1.165, 1.54) is 18.9 Å². The van der Waals surface area contributed by atoms with Crippen LogP contribution in [0.5, 0.6) is 11.6 Å². The molecule has 6 heteroatoms. The molecule has 0 N–H and O–H groups in total. The van der Waals surface area contributed by atoms with Crippen LogP contribution >= 0.6 is 0 Å². The van der Waals surface area contributed by atoms with Crippen LogP contribution in [0.4, 0.5) is 4.39 Å². The molecule has 1 fully saturated rings. The Balaban J connectivity index is 1.44. The van der Waals surface area contributed by atoms with Crippen LogP contribution in [-0.2, 0) is 28.0 Å². The van der Waals surface area contributed by atoms with Crippen molar-refractivity contribution in [3.8, 4) is 22.8 Å². The largest absolute Gasteiger partial charge is 0.489 e.